The van der Waals surface area contributed by atoms with Gasteiger partial charge in [0.15, 0.2) is 0 Å². The van der Waals surface area contributed by atoms with Crippen LogP contribution in [0.25, 0.3) is 0 Å². The number of thiophene rings is 1. The van der Waals surface area contributed by atoms with Crippen molar-refractivity contribution < 1.29 is 0 Å². The number of hydrogen-bond acceptors (Lipinski definition) is 3. The number of aryl methyl sites for hydroxylation is 1. The normalized spacial score (nSPS) is 28.8. The van der Waals surface area contributed by atoms with Crippen molar-refractivity contribution in [2.75, 3.05) is 20.6 Å². The molecule has 1 aromatic rings. The number of hydrogen-bond donors (Lipinski definition) is 1. The summed E-state index contributed by atoms with van der Waals surface area (Å²) in [4.78, 5) is 4.03. The maximum Gasteiger partial charge on any atom is 0.0604 e. The fraction of sp³-hybridized carbons (Fsp3) is 0.765. The molecule has 1 fully saturated rings. The van der Waals surface area contributed by atoms with Crippen LogP contribution < -0.4 is 5.32 Å². The van der Waals surface area contributed by atoms with Crippen LogP contribution in [0.5, 0.6) is 0 Å². The van der Waals surface area contributed by atoms with Crippen molar-refractivity contribution in [1.29, 1.82) is 0 Å². The van der Waals surface area contributed by atoms with Gasteiger partial charge in [0, 0.05) is 10.4 Å². The van der Waals surface area contributed by atoms with Crippen molar-refractivity contribution in [1.82, 2.24) is 10.2 Å². The second kappa shape index (κ2) is 6.59. The minimum atomic E-state index is 0.267. The van der Waals surface area contributed by atoms with Crippen LogP contribution in [0.1, 0.15) is 56.0 Å². The van der Waals surface area contributed by atoms with Gasteiger partial charge in [0.05, 0.1) is 6.04 Å². The highest BCUT2D eigenvalue weighted by Crippen LogP contribution is 2.45. The van der Waals surface area contributed by atoms with Gasteiger partial charge in [-0.2, -0.15) is 0 Å². The van der Waals surface area contributed by atoms with Crippen molar-refractivity contribution >= 4 is 11.3 Å². The minimum Gasteiger partial charge on any atom is -0.308 e. The fourth-order valence-corrected chi connectivity index (χ4v) is 5.01. The van der Waals surface area contributed by atoms with Crippen LogP contribution in [-0.2, 0) is 0 Å². The summed E-state index contributed by atoms with van der Waals surface area (Å²) in [5.41, 5.74) is 1.71. The molecule has 1 aliphatic rings. The first kappa shape index (κ1) is 16.0. The van der Waals surface area contributed by atoms with Crippen molar-refractivity contribution in [2.24, 2.45) is 5.92 Å². The molecule has 3 heteroatoms. The van der Waals surface area contributed by atoms with Crippen LogP contribution in [0.4, 0.5) is 0 Å². The van der Waals surface area contributed by atoms with E-state index >= 15 is 0 Å². The fourth-order valence-electron chi connectivity index (χ4n) is 3.90. The molecule has 1 heterocycles. The molecule has 0 spiro atoms. The summed E-state index contributed by atoms with van der Waals surface area (Å²) in [7, 11) is 4.54. The Balaban J connectivity index is 2.40. The van der Waals surface area contributed by atoms with Gasteiger partial charge < -0.3 is 10.2 Å². The zero-order valence-electron chi connectivity index (χ0n) is 13.7. The predicted octanol–water partition coefficient (Wildman–Crippen LogP) is 4.22. The standard InChI is InChI=1S/C17H30N2S/c1-6-18-16(15-14(3)9-11-20-15)17(19(4)5)10-7-8-13(2)12-17/h9,11,13,16,18H,6-8,10,12H2,1-5H3. The smallest absolute Gasteiger partial charge is 0.0604 e. The molecule has 0 amide bonds. The highest BCUT2D eigenvalue weighted by atomic mass is 32.1. The lowest BCUT2D eigenvalue weighted by molar-refractivity contribution is 0.0382. The molecule has 1 saturated carbocycles. The van der Waals surface area contributed by atoms with Gasteiger partial charge in [-0.15, -0.1) is 11.3 Å². The third-order valence-corrected chi connectivity index (χ3v) is 6.09. The molecule has 1 N–H and O–H groups in total. The van der Waals surface area contributed by atoms with E-state index in [1.54, 1.807) is 0 Å². The summed E-state index contributed by atoms with van der Waals surface area (Å²) in [6.07, 6.45) is 5.35. The summed E-state index contributed by atoms with van der Waals surface area (Å²) in [5.74, 6) is 0.826. The van der Waals surface area contributed by atoms with E-state index in [-0.39, 0.29) is 5.54 Å². The van der Waals surface area contributed by atoms with Crippen LogP contribution >= 0.6 is 11.3 Å². The quantitative estimate of drug-likeness (QED) is 0.875. The van der Waals surface area contributed by atoms with Crippen molar-refractivity contribution in [3.05, 3.63) is 21.9 Å². The minimum absolute atomic E-state index is 0.267. The van der Waals surface area contributed by atoms with E-state index in [2.05, 4.69) is 56.5 Å². The third kappa shape index (κ3) is 2.95. The molecular weight excluding hydrogens is 264 g/mol. The zero-order valence-corrected chi connectivity index (χ0v) is 14.5. The lowest BCUT2D eigenvalue weighted by atomic mass is 9.70. The Morgan fingerprint density at radius 1 is 1.50 bits per heavy atom. The molecule has 3 unspecified atom stereocenters. The molecule has 2 nitrogen and oxygen atoms in total. The van der Waals surface area contributed by atoms with Gasteiger partial charge >= 0.3 is 0 Å². The monoisotopic (exact) mass is 294 g/mol. The van der Waals surface area contributed by atoms with Crippen LogP contribution in [0.2, 0.25) is 0 Å². The summed E-state index contributed by atoms with van der Waals surface area (Å²) in [6.45, 7) is 7.94. The average molecular weight is 295 g/mol. The first-order valence-electron chi connectivity index (χ1n) is 7.96. The molecule has 2 rings (SSSR count). The molecule has 1 aliphatic carbocycles. The SMILES string of the molecule is CCNC(c1sccc1C)C1(N(C)C)CCCC(C)C1. The summed E-state index contributed by atoms with van der Waals surface area (Å²) in [6, 6.07) is 2.73. The maximum absolute atomic E-state index is 3.81. The Bertz CT molecular complexity index is 426. The summed E-state index contributed by atoms with van der Waals surface area (Å²) in [5, 5.41) is 6.05. The Hall–Kier alpha value is -0.380. The number of rotatable bonds is 5. The van der Waals surface area contributed by atoms with Gasteiger partial charge in [-0.1, -0.05) is 26.7 Å². The lowest BCUT2D eigenvalue weighted by Crippen LogP contribution is -2.56. The molecule has 0 bridgehead atoms. The van der Waals surface area contributed by atoms with E-state index in [9.17, 15) is 0 Å². The van der Waals surface area contributed by atoms with Gasteiger partial charge in [-0.25, -0.2) is 0 Å². The van der Waals surface area contributed by atoms with Crippen molar-refractivity contribution in [3.63, 3.8) is 0 Å². The van der Waals surface area contributed by atoms with Crippen LogP contribution in [0.3, 0.4) is 0 Å². The van der Waals surface area contributed by atoms with Crippen LogP contribution in [-0.4, -0.2) is 31.1 Å². The first-order valence-corrected chi connectivity index (χ1v) is 8.84. The maximum atomic E-state index is 3.81. The van der Waals surface area contributed by atoms with Crippen molar-refractivity contribution in [3.8, 4) is 0 Å². The van der Waals surface area contributed by atoms with E-state index in [1.807, 2.05) is 11.3 Å². The van der Waals surface area contributed by atoms with Gasteiger partial charge in [-0.05, 0) is 63.3 Å². The molecule has 0 aromatic carbocycles. The molecule has 3 atom stereocenters. The highest BCUT2D eigenvalue weighted by molar-refractivity contribution is 7.10. The third-order valence-electron chi connectivity index (χ3n) is 5.01. The second-order valence-corrected chi connectivity index (χ2v) is 7.61. The Morgan fingerprint density at radius 2 is 2.25 bits per heavy atom. The zero-order chi connectivity index (χ0) is 14.8. The van der Waals surface area contributed by atoms with Gasteiger partial charge in [-0.3, -0.25) is 0 Å². The molecule has 114 valence electrons. The average Bonchev–Trinajstić information content (AvgIpc) is 2.81. The van der Waals surface area contributed by atoms with Gasteiger partial charge in [0.25, 0.3) is 0 Å². The molecule has 0 radical (unpaired) electrons. The molecule has 20 heavy (non-hydrogen) atoms. The van der Waals surface area contributed by atoms with Gasteiger partial charge in [0.1, 0.15) is 0 Å². The molecule has 1 aromatic heterocycles. The Morgan fingerprint density at radius 3 is 2.75 bits per heavy atom. The topological polar surface area (TPSA) is 15.3 Å². The van der Waals surface area contributed by atoms with Crippen molar-refractivity contribution in [2.45, 2.75) is 58.0 Å². The number of nitrogens with zero attached hydrogens (tertiary/aromatic N) is 1. The highest BCUT2D eigenvalue weighted by Gasteiger charge is 2.44. The molecule has 0 aliphatic heterocycles. The molecule has 0 saturated heterocycles. The van der Waals surface area contributed by atoms with E-state index < -0.39 is 0 Å². The molecular formula is C17H30N2S. The number of likely N-dealkylation sites (N-methyl/N-ethyl adjacent to an activating group) is 2. The lowest BCUT2D eigenvalue weighted by Gasteiger charge is -2.50. The predicted molar refractivity (Wildman–Crippen MR) is 89.5 cm³/mol. The second-order valence-electron chi connectivity index (χ2n) is 6.66. The van der Waals surface area contributed by atoms with E-state index in [0.717, 1.165) is 12.5 Å². The van der Waals surface area contributed by atoms with E-state index in [1.165, 1.54) is 36.1 Å². The largest absolute Gasteiger partial charge is 0.308 e. The van der Waals surface area contributed by atoms with Crippen LogP contribution in [0, 0.1) is 12.8 Å². The van der Waals surface area contributed by atoms with E-state index in [0.29, 0.717) is 6.04 Å². The first-order chi connectivity index (χ1) is 9.51. The van der Waals surface area contributed by atoms with Gasteiger partial charge in [0.2, 0.25) is 0 Å². The Kier molecular flexibility index (Phi) is 5.27. The Labute approximate surface area is 128 Å². The summed E-state index contributed by atoms with van der Waals surface area (Å²) < 4.78 is 0. The number of nitrogens with one attached hydrogen (secondary N) is 1. The van der Waals surface area contributed by atoms with Crippen LogP contribution in [0.15, 0.2) is 11.4 Å². The van der Waals surface area contributed by atoms with E-state index in [4.69, 9.17) is 0 Å². The summed E-state index contributed by atoms with van der Waals surface area (Å²) >= 11 is 1.92.